The number of benzene rings is 1. The highest BCUT2D eigenvalue weighted by molar-refractivity contribution is 5.23. The predicted molar refractivity (Wildman–Crippen MR) is 57.5 cm³/mol. The highest BCUT2D eigenvalue weighted by Crippen LogP contribution is 2.16. The summed E-state index contributed by atoms with van der Waals surface area (Å²) in [5.74, 6) is 0.0678. The minimum Gasteiger partial charge on any atom is -0.489 e. The number of hydrogen-bond donors (Lipinski definition) is 1. The van der Waals surface area contributed by atoms with E-state index in [0.29, 0.717) is 18.4 Å². The van der Waals surface area contributed by atoms with Crippen LogP contribution in [0.2, 0.25) is 0 Å². The fraction of sp³-hybridized carbons (Fsp3) is 0.500. The standard InChI is InChI=1S/C12H16FNO/c13-11-6-1-2-7-12(11)15-9-10-5-3-4-8-14-10/h1-2,6-7,10,14H,3-5,8-9H2/t10-/m1/s1. The minimum atomic E-state index is -0.284. The maximum atomic E-state index is 13.2. The van der Waals surface area contributed by atoms with Crippen LogP contribution in [0.1, 0.15) is 19.3 Å². The van der Waals surface area contributed by atoms with Gasteiger partial charge in [-0.1, -0.05) is 18.6 Å². The molecular weight excluding hydrogens is 193 g/mol. The zero-order chi connectivity index (χ0) is 10.5. The molecule has 0 aromatic heterocycles. The number of ether oxygens (including phenoxy) is 1. The van der Waals surface area contributed by atoms with Gasteiger partial charge in [0.05, 0.1) is 0 Å². The topological polar surface area (TPSA) is 21.3 Å². The van der Waals surface area contributed by atoms with Gasteiger partial charge in [0.25, 0.3) is 0 Å². The molecule has 1 aromatic rings. The summed E-state index contributed by atoms with van der Waals surface area (Å²) in [5.41, 5.74) is 0. The highest BCUT2D eigenvalue weighted by Gasteiger charge is 2.13. The molecule has 0 unspecified atom stereocenters. The van der Waals surface area contributed by atoms with E-state index >= 15 is 0 Å². The van der Waals surface area contributed by atoms with Gasteiger partial charge in [-0.2, -0.15) is 0 Å². The summed E-state index contributed by atoms with van der Waals surface area (Å²) < 4.78 is 18.6. The smallest absolute Gasteiger partial charge is 0.165 e. The Morgan fingerprint density at radius 1 is 1.33 bits per heavy atom. The fourth-order valence-electron chi connectivity index (χ4n) is 1.82. The van der Waals surface area contributed by atoms with E-state index in [-0.39, 0.29) is 5.82 Å². The predicted octanol–water partition coefficient (Wildman–Crippen LogP) is 2.35. The van der Waals surface area contributed by atoms with Crippen molar-refractivity contribution in [3.63, 3.8) is 0 Å². The Morgan fingerprint density at radius 3 is 2.93 bits per heavy atom. The summed E-state index contributed by atoms with van der Waals surface area (Å²) in [6, 6.07) is 6.91. The van der Waals surface area contributed by atoms with Gasteiger partial charge in [0.15, 0.2) is 11.6 Å². The minimum absolute atomic E-state index is 0.284. The van der Waals surface area contributed by atoms with Crippen LogP contribution >= 0.6 is 0 Å². The molecule has 0 amide bonds. The van der Waals surface area contributed by atoms with E-state index in [1.54, 1.807) is 18.2 Å². The Hall–Kier alpha value is -1.09. The Morgan fingerprint density at radius 2 is 2.20 bits per heavy atom. The quantitative estimate of drug-likeness (QED) is 0.825. The van der Waals surface area contributed by atoms with E-state index < -0.39 is 0 Å². The largest absolute Gasteiger partial charge is 0.489 e. The van der Waals surface area contributed by atoms with Gasteiger partial charge >= 0.3 is 0 Å². The summed E-state index contributed by atoms with van der Waals surface area (Å²) in [5, 5.41) is 3.36. The molecule has 1 aliphatic rings. The first-order chi connectivity index (χ1) is 7.36. The van der Waals surface area contributed by atoms with Gasteiger partial charge in [-0.25, -0.2) is 4.39 Å². The lowest BCUT2D eigenvalue weighted by Gasteiger charge is -2.23. The van der Waals surface area contributed by atoms with E-state index in [1.165, 1.54) is 18.9 Å². The molecule has 1 saturated heterocycles. The molecule has 1 N–H and O–H groups in total. The van der Waals surface area contributed by atoms with Crippen LogP contribution in [0.25, 0.3) is 0 Å². The molecule has 0 aliphatic carbocycles. The van der Waals surface area contributed by atoms with Crippen LogP contribution in [-0.4, -0.2) is 19.2 Å². The summed E-state index contributed by atoms with van der Waals surface area (Å²) in [4.78, 5) is 0. The van der Waals surface area contributed by atoms with Gasteiger partial charge < -0.3 is 10.1 Å². The molecule has 1 aliphatic heterocycles. The number of rotatable bonds is 3. The van der Waals surface area contributed by atoms with Crippen LogP contribution in [0.3, 0.4) is 0 Å². The van der Waals surface area contributed by atoms with E-state index in [1.807, 2.05) is 0 Å². The first-order valence-corrected chi connectivity index (χ1v) is 5.47. The molecule has 0 saturated carbocycles. The molecule has 1 heterocycles. The molecule has 2 nitrogen and oxygen atoms in total. The van der Waals surface area contributed by atoms with Crippen molar-refractivity contribution < 1.29 is 9.13 Å². The van der Waals surface area contributed by atoms with Gasteiger partial charge in [0.2, 0.25) is 0 Å². The van der Waals surface area contributed by atoms with Gasteiger partial charge in [0.1, 0.15) is 6.61 Å². The van der Waals surface area contributed by atoms with Crippen LogP contribution in [0.4, 0.5) is 4.39 Å². The van der Waals surface area contributed by atoms with E-state index in [4.69, 9.17) is 4.74 Å². The Bertz CT molecular complexity index is 310. The van der Waals surface area contributed by atoms with Crippen LogP contribution in [0.5, 0.6) is 5.75 Å². The van der Waals surface area contributed by atoms with Crippen molar-refractivity contribution in [2.45, 2.75) is 25.3 Å². The lowest BCUT2D eigenvalue weighted by molar-refractivity contribution is 0.231. The van der Waals surface area contributed by atoms with E-state index in [9.17, 15) is 4.39 Å². The van der Waals surface area contributed by atoms with Crippen LogP contribution in [0.15, 0.2) is 24.3 Å². The zero-order valence-corrected chi connectivity index (χ0v) is 8.71. The third-order valence-corrected chi connectivity index (χ3v) is 2.69. The number of piperidine rings is 1. The molecule has 82 valence electrons. The average molecular weight is 209 g/mol. The molecule has 1 atom stereocenters. The summed E-state index contributed by atoms with van der Waals surface area (Å²) in [6.45, 7) is 1.60. The Balaban J connectivity index is 1.84. The van der Waals surface area contributed by atoms with Gasteiger partial charge in [-0.15, -0.1) is 0 Å². The maximum absolute atomic E-state index is 13.2. The molecular formula is C12H16FNO. The van der Waals surface area contributed by atoms with Gasteiger partial charge in [-0.05, 0) is 31.5 Å². The number of hydrogen-bond acceptors (Lipinski definition) is 2. The molecule has 0 bridgehead atoms. The monoisotopic (exact) mass is 209 g/mol. The second-order valence-electron chi connectivity index (χ2n) is 3.89. The SMILES string of the molecule is Fc1ccccc1OC[C@H]1CCCCN1. The Kier molecular flexibility index (Phi) is 3.56. The summed E-state index contributed by atoms with van der Waals surface area (Å²) in [6.07, 6.45) is 3.59. The number of para-hydroxylation sites is 1. The lowest BCUT2D eigenvalue weighted by atomic mass is 10.1. The van der Waals surface area contributed by atoms with Crippen LogP contribution in [-0.2, 0) is 0 Å². The number of nitrogens with one attached hydrogen (secondary N) is 1. The summed E-state index contributed by atoms with van der Waals surface area (Å²) in [7, 11) is 0. The molecule has 3 heteroatoms. The lowest BCUT2D eigenvalue weighted by Crippen LogP contribution is -2.38. The van der Waals surface area contributed by atoms with Gasteiger partial charge in [0, 0.05) is 6.04 Å². The van der Waals surface area contributed by atoms with Crippen molar-refractivity contribution in [1.29, 1.82) is 0 Å². The third-order valence-electron chi connectivity index (χ3n) is 2.69. The van der Waals surface area contributed by atoms with Crippen molar-refractivity contribution in [1.82, 2.24) is 5.32 Å². The Labute approximate surface area is 89.4 Å². The number of halogens is 1. The first kappa shape index (κ1) is 10.4. The van der Waals surface area contributed by atoms with Crippen LogP contribution in [0, 0.1) is 5.82 Å². The molecule has 1 aromatic carbocycles. The molecule has 1 fully saturated rings. The molecule has 2 rings (SSSR count). The van der Waals surface area contributed by atoms with Gasteiger partial charge in [-0.3, -0.25) is 0 Å². The first-order valence-electron chi connectivity index (χ1n) is 5.47. The van der Waals surface area contributed by atoms with Crippen molar-refractivity contribution in [3.05, 3.63) is 30.1 Å². The van der Waals surface area contributed by atoms with Crippen molar-refractivity contribution >= 4 is 0 Å². The normalized spacial score (nSPS) is 21.3. The van der Waals surface area contributed by atoms with Crippen molar-refractivity contribution in [3.8, 4) is 5.75 Å². The second-order valence-corrected chi connectivity index (χ2v) is 3.89. The highest BCUT2D eigenvalue weighted by atomic mass is 19.1. The second kappa shape index (κ2) is 5.12. The fourth-order valence-corrected chi connectivity index (χ4v) is 1.82. The third kappa shape index (κ3) is 2.93. The molecule has 0 radical (unpaired) electrons. The summed E-state index contributed by atoms with van der Waals surface area (Å²) >= 11 is 0. The average Bonchev–Trinajstić information content (AvgIpc) is 2.29. The zero-order valence-electron chi connectivity index (χ0n) is 8.71. The van der Waals surface area contributed by atoms with E-state index in [0.717, 1.165) is 13.0 Å². The van der Waals surface area contributed by atoms with Crippen molar-refractivity contribution in [2.24, 2.45) is 0 Å². The van der Waals surface area contributed by atoms with E-state index in [2.05, 4.69) is 5.32 Å². The van der Waals surface area contributed by atoms with Crippen molar-refractivity contribution in [2.75, 3.05) is 13.2 Å². The molecule has 15 heavy (non-hydrogen) atoms. The maximum Gasteiger partial charge on any atom is 0.165 e. The molecule has 0 spiro atoms. The van der Waals surface area contributed by atoms with Crippen LogP contribution < -0.4 is 10.1 Å².